The van der Waals surface area contributed by atoms with Crippen LogP contribution in [0.25, 0.3) is 10.9 Å². The van der Waals surface area contributed by atoms with Crippen LogP contribution in [-0.4, -0.2) is 45.6 Å². The average molecular weight is 382 g/mol. The van der Waals surface area contributed by atoms with E-state index in [0.29, 0.717) is 42.3 Å². The Bertz CT molecular complexity index is 1070. The molecule has 8 nitrogen and oxygen atoms in total. The number of rotatable bonds is 5. The number of ether oxygens (including phenoxy) is 1. The minimum Gasteiger partial charge on any atom is -0.448 e. The minimum absolute atomic E-state index is 0.116. The molecule has 1 aliphatic heterocycles. The molecule has 1 saturated heterocycles. The van der Waals surface area contributed by atoms with E-state index in [9.17, 15) is 9.59 Å². The quantitative estimate of drug-likeness (QED) is 0.673. The third-order valence-electron chi connectivity index (χ3n) is 5.06. The number of carbonyl (C=O) groups excluding carboxylic acids is 1. The van der Waals surface area contributed by atoms with Gasteiger partial charge in [-0.05, 0) is 25.0 Å². The smallest absolute Gasteiger partial charge is 0.276 e. The number of benzene rings is 1. The summed E-state index contributed by atoms with van der Waals surface area (Å²) in [6.45, 7) is 3.05. The molecule has 0 N–H and O–H groups in total. The summed E-state index contributed by atoms with van der Waals surface area (Å²) in [4.78, 5) is 36.7. The zero-order chi connectivity index (χ0) is 19.7. The van der Waals surface area contributed by atoms with E-state index in [1.54, 1.807) is 29.6 Å². The highest BCUT2D eigenvalue weighted by molar-refractivity contribution is 5.92. The normalized spacial score (nSPS) is 16.8. The molecule has 1 aliphatic rings. The van der Waals surface area contributed by atoms with Crippen molar-refractivity contribution in [2.45, 2.75) is 32.4 Å². The second-order valence-corrected chi connectivity index (χ2v) is 6.85. The number of nitrogens with zero attached hydrogens (tertiary/aromatic N) is 4. The Balaban J connectivity index is 1.80. The highest BCUT2D eigenvalue weighted by atomic mass is 16.5. The molecule has 0 radical (unpaired) electrons. The van der Waals surface area contributed by atoms with Crippen LogP contribution in [0.5, 0.6) is 0 Å². The van der Waals surface area contributed by atoms with Crippen LogP contribution in [-0.2, 0) is 11.3 Å². The monoisotopic (exact) mass is 382 g/mol. The van der Waals surface area contributed by atoms with Crippen LogP contribution in [0.15, 0.2) is 39.7 Å². The van der Waals surface area contributed by atoms with Crippen LogP contribution in [0.3, 0.4) is 0 Å². The fourth-order valence-electron chi connectivity index (χ4n) is 3.73. The van der Waals surface area contributed by atoms with Crippen LogP contribution < -0.4 is 5.56 Å². The van der Waals surface area contributed by atoms with E-state index in [1.807, 2.05) is 18.2 Å². The molecule has 8 heteroatoms. The number of carbonyl (C=O) groups is 1. The number of aryl methyl sites for hydroxylation is 1. The number of para-hydroxylation sites is 1. The molecule has 1 fully saturated rings. The molecule has 0 bridgehead atoms. The van der Waals surface area contributed by atoms with Gasteiger partial charge in [-0.1, -0.05) is 12.1 Å². The molecule has 1 amide bonds. The standard InChI is InChI=1S/C20H22N4O4/c1-13-21-16(12-28-13)20(26)23-9-5-8-17(23)18-22-15-7-4-3-6-14(15)19(25)24(18)10-11-27-2/h3-4,6-7,12,17H,5,8-11H2,1-2H3. The minimum atomic E-state index is -0.293. The van der Waals surface area contributed by atoms with Crippen LogP contribution in [0.4, 0.5) is 0 Å². The lowest BCUT2D eigenvalue weighted by atomic mass is 10.1. The van der Waals surface area contributed by atoms with Gasteiger partial charge in [0.2, 0.25) is 0 Å². The van der Waals surface area contributed by atoms with Gasteiger partial charge in [0.05, 0.1) is 30.1 Å². The lowest BCUT2D eigenvalue weighted by Crippen LogP contribution is -2.36. The van der Waals surface area contributed by atoms with Crippen molar-refractivity contribution in [1.29, 1.82) is 0 Å². The molecule has 0 aliphatic carbocycles. The Morgan fingerprint density at radius 3 is 2.89 bits per heavy atom. The highest BCUT2D eigenvalue weighted by Gasteiger charge is 2.35. The Morgan fingerprint density at radius 2 is 2.14 bits per heavy atom. The SMILES string of the molecule is COCCn1c(C2CCCN2C(=O)c2coc(C)n2)nc2ccccc2c1=O. The van der Waals surface area contributed by atoms with E-state index < -0.39 is 0 Å². The number of hydrogen-bond acceptors (Lipinski definition) is 6. The number of likely N-dealkylation sites (tertiary alicyclic amines) is 1. The number of aromatic nitrogens is 3. The van der Waals surface area contributed by atoms with Gasteiger partial charge in [-0.3, -0.25) is 14.2 Å². The van der Waals surface area contributed by atoms with Crippen molar-refractivity contribution in [3.63, 3.8) is 0 Å². The second kappa shape index (κ2) is 7.55. The van der Waals surface area contributed by atoms with E-state index in [1.165, 1.54) is 6.26 Å². The van der Waals surface area contributed by atoms with Crippen molar-refractivity contribution >= 4 is 16.8 Å². The van der Waals surface area contributed by atoms with Gasteiger partial charge >= 0.3 is 0 Å². The van der Waals surface area contributed by atoms with Crippen LogP contribution in [0.2, 0.25) is 0 Å². The Kier molecular flexibility index (Phi) is 4.95. The number of oxazole rings is 1. The summed E-state index contributed by atoms with van der Waals surface area (Å²) in [6, 6.07) is 6.98. The second-order valence-electron chi connectivity index (χ2n) is 6.85. The maximum absolute atomic E-state index is 13.1. The van der Waals surface area contributed by atoms with E-state index in [2.05, 4.69) is 4.98 Å². The molecule has 4 rings (SSSR count). The van der Waals surface area contributed by atoms with Crippen molar-refractivity contribution in [1.82, 2.24) is 19.4 Å². The summed E-state index contributed by atoms with van der Waals surface area (Å²) in [5.74, 6) is 0.826. The maximum atomic E-state index is 13.1. The van der Waals surface area contributed by atoms with Gasteiger partial charge in [-0.2, -0.15) is 0 Å². The Labute approximate surface area is 161 Å². The fourth-order valence-corrected chi connectivity index (χ4v) is 3.73. The Morgan fingerprint density at radius 1 is 1.32 bits per heavy atom. The average Bonchev–Trinajstić information content (AvgIpc) is 3.36. The molecule has 28 heavy (non-hydrogen) atoms. The first-order valence-corrected chi connectivity index (χ1v) is 9.31. The topological polar surface area (TPSA) is 90.5 Å². The molecular formula is C20H22N4O4. The predicted octanol–water partition coefficient (Wildman–Crippen LogP) is 2.32. The summed E-state index contributed by atoms with van der Waals surface area (Å²) >= 11 is 0. The van der Waals surface area contributed by atoms with E-state index in [-0.39, 0.29) is 23.2 Å². The Hall–Kier alpha value is -3.00. The number of amides is 1. The first kappa shape index (κ1) is 18.4. The molecule has 3 heterocycles. The molecule has 146 valence electrons. The molecule has 2 aromatic heterocycles. The zero-order valence-corrected chi connectivity index (χ0v) is 15.9. The molecule has 0 spiro atoms. The summed E-state index contributed by atoms with van der Waals surface area (Å²) in [5.41, 5.74) is 0.790. The third kappa shape index (κ3) is 3.20. The number of methoxy groups -OCH3 is 1. The summed E-state index contributed by atoms with van der Waals surface area (Å²) < 4.78 is 12.0. The van der Waals surface area contributed by atoms with Crippen LogP contribution in [0, 0.1) is 6.92 Å². The van der Waals surface area contributed by atoms with Crippen LogP contribution in [0.1, 0.15) is 41.1 Å². The number of fused-ring (bicyclic) bond motifs is 1. The molecule has 1 unspecified atom stereocenters. The molecule has 1 atom stereocenters. The van der Waals surface area contributed by atoms with Crippen molar-refractivity contribution in [3.8, 4) is 0 Å². The van der Waals surface area contributed by atoms with E-state index in [4.69, 9.17) is 14.1 Å². The first-order chi connectivity index (χ1) is 13.6. The first-order valence-electron chi connectivity index (χ1n) is 9.31. The largest absolute Gasteiger partial charge is 0.448 e. The predicted molar refractivity (Wildman–Crippen MR) is 102 cm³/mol. The zero-order valence-electron chi connectivity index (χ0n) is 15.9. The van der Waals surface area contributed by atoms with Crippen molar-refractivity contribution in [3.05, 3.63) is 58.3 Å². The van der Waals surface area contributed by atoms with E-state index >= 15 is 0 Å². The molecule has 1 aromatic carbocycles. The van der Waals surface area contributed by atoms with Gasteiger partial charge in [-0.15, -0.1) is 0 Å². The molecular weight excluding hydrogens is 360 g/mol. The van der Waals surface area contributed by atoms with Gasteiger partial charge in [0.25, 0.3) is 11.5 Å². The van der Waals surface area contributed by atoms with Crippen molar-refractivity contribution in [2.75, 3.05) is 20.3 Å². The van der Waals surface area contributed by atoms with Gasteiger partial charge in [0.1, 0.15) is 12.1 Å². The van der Waals surface area contributed by atoms with Gasteiger partial charge in [-0.25, -0.2) is 9.97 Å². The van der Waals surface area contributed by atoms with Gasteiger partial charge < -0.3 is 14.1 Å². The highest BCUT2D eigenvalue weighted by Crippen LogP contribution is 2.32. The fraction of sp³-hybridized carbons (Fsp3) is 0.400. The number of hydrogen-bond donors (Lipinski definition) is 0. The van der Waals surface area contributed by atoms with Crippen LogP contribution >= 0.6 is 0 Å². The lowest BCUT2D eigenvalue weighted by Gasteiger charge is -2.26. The van der Waals surface area contributed by atoms with Gasteiger partial charge in [0.15, 0.2) is 11.6 Å². The van der Waals surface area contributed by atoms with Crippen molar-refractivity contribution < 1.29 is 13.9 Å². The lowest BCUT2D eigenvalue weighted by molar-refractivity contribution is 0.0719. The summed E-state index contributed by atoms with van der Waals surface area (Å²) in [6.07, 6.45) is 2.94. The summed E-state index contributed by atoms with van der Waals surface area (Å²) in [7, 11) is 1.59. The molecule has 3 aromatic rings. The summed E-state index contributed by atoms with van der Waals surface area (Å²) in [5, 5.41) is 0.561. The van der Waals surface area contributed by atoms with Crippen molar-refractivity contribution in [2.24, 2.45) is 0 Å². The van der Waals surface area contributed by atoms with Gasteiger partial charge in [0, 0.05) is 20.6 Å². The maximum Gasteiger partial charge on any atom is 0.276 e. The molecule has 0 saturated carbocycles. The third-order valence-corrected chi connectivity index (χ3v) is 5.06. The van der Waals surface area contributed by atoms with E-state index in [0.717, 1.165) is 12.8 Å².